The summed E-state index contributed by atoms with van der Waals surface area (Å²) < 4.78 is 34.3. The molecule has 3 aliphatic rings. The molecule has 0 amide bonds. The van der Waals surface area contributed by atoms with E-state index in [0.717, 1.165) is 11.1 Å². The Hall–Kier alpha value is -2.76. The molecule has 1 saturated heterocycles. The Bertz CT molecular complexity index is 1020. The van der Waals surface area contributed by atoms with E-state index >= 15 is 0 Å². The van der Waals surface area contributed by atoms with Crippen molar-refractivity contribution in [2.45, 2.75) is 42.7 Å². The lowest BCUT2D eigenvalue weighted by Gasteiger charge is -2.39. The third kappa shape index (κ3) is 3.54. The van der Waals surface area contributed by atoms with E-state index in [1.165, 1.54) is 0 Å². The monoisotopic (exact) mass is 462 g/mol. The highest BCUT2D eigenvalue weighted by molar-refractivity contribution is 5.61. The number of methoxy groups -OCH3 is 2. The Morgan fingerprint density at radius 2 is 1.76 bits per heavy atom. The SMILES string of the molecule is COc1ccc2c(c1OC)O[C@@H]1c3ccc(O[C@@H]4O[C@H](CO)[C@@H](O)[C@H](O)[C@H]4O)cc3OC[C@H]21. The smallest absolute Gasteiger partial charge is 0.229 e. The Kier molecular flexibility index (Phi) is 5.71. The van der Waals surface area contributed by atoms with Gasteiger partial charge in [0, 0.05) is 17.2 Å². The van der Waals surface area contributed by atoms with Crippen LogP contribution in [0.5, 0.6) is 28.7 Å². The standard InChI is InChI=1S/C23H26O10/c1-28-14-6-5-11-13-9-30-15-7-10(3-4-12(15)20(13)33-21(11)22(14)29-2)31-23-19(27)18(26)17(25)16(8-24)32-23/h3-7,13,16-20,23-27H,8-9H2,1-2H3/t13-,16-,17-,18+,19-,20-,23-/m1/s1. The summed E-state index contributed by atoms with van der Waals surface area (Å²) in [4.78, 5) is 0. The zero-order chi connectivity index (χ0) is 23.3. The molecule has 2 aromatic rings. The first-order chi connectivity index (χ1) is 16.0. The topological polar surface area (TPSA) is 136 Å². The molecule has 10 nitrogen and oxygen atoms in total. The van der Waals surface area contributed by atoms with Crippen LogP contribution >= 0.6 is 0 Å². The van der Waals surface area contributed by atoms with E-state index in [1.54, 1.807) is 32.4 Å². The van der Waals surface area contributed by atoms with E-state index in [4.69, 9.17) is 28.4 Å². The van der Waals surface area contributed by atoms with E-state index in [0.29, 0.717) is 35.4 Å². The maximum Gasteiger partial charge on any atom is 0.229 e. The van der Waals surface area contributed by atoms with Crippen molar-refractivity contribution in [2.24, 2.45) is 0 Å². The highest BCUT2D eigenvalue weighted by atomic mass is 16.7. The molecule has 4 N–H and O–H groups in total. The molecule has 7 atom stereocenters. The van der Waals surface area contributed by atoms with Crippen LogP contribution < -0.4 is 23.7 Å². The third-order valence-corrected chi connectivity index (χ3v) is 6.35. The van der Waals surface area contributed by atoms with Gasteiger partial charge in [-0.1, -0.05) is 6.07 Å². The molecular formula is C23H26O10. The highest BCUT2D eigenvalue weighted by Crippen LogP contribution is 2.56. The molecule has 0 bridgehead atoms. The number of rotatable bonds is 5. The predicted molar refractivity (Wildman–Crippen MR) is 112 cm³/mol. The summed E-state index contributed by atoms with van der Waals surface area (Å²) in [5.74, 6) is 2.60. The van der Waals surface area contributed by atoms with Gasteiger partial charge in [0.1, 0.15) is 42.0 Å². The number of hydrogen-bond donors (Lipinski definition) is 4. The molecule has 2 aromatic carbocycles. The lowest BCUT2D eigenvalue weighted by Crippen LogP contribution is -2.60. The number of hydrogen-bond acceptors (Lipinski definition) is 10. The van der Waals surface area contributed by atoms with Crippen molar-refractivity contribution in [3.8, 4) is 28.7 Å². The minimum absolute atomic E-state index is 0.0236. The van der Waals surface area contributed by atoms with Crippen LogP contribution in [0.3, 0.4) is 0 Å². The molecule has 33 heavy (non-hydrogen) atoms. The van der Waals surface area contributed by atoms with Gasteiger partial charge in [0.2, 0.25) is 12.0 Å². The number of fused-ring (bicyclic) bond motifs is 5. The van der Waals surface area contributed by atoms with Crippen molar-refractivity contribution in [1.82, 2.24) is 0 Å². The van der Waals surface area contributed by atoms with Crippen LogP contribution in [0, 0.1) is 0 Å². The summed E-state index contributed by atoms with van der Waals surface area (Å²) in [6, 6.07) is 8.93. The molecule has 0 aliphatic carbocycles. The van der Waals surface area contributed by atoms with E-state index in [9.17, 15) is 20.4 Å². The normalized spacial score (nSPS) is 32.0. The molecule has 0 spiro atoms. The molecule has 0 aromatic heterocycles. The summed E-state index contributed by atoms with van der Waals surface area (Å²) in [5, 5.41) is 39.5. The van der Waals surface area contributed by atoms with Gasteiger partial charge in [-0.3, -0.25) is 0 Å². The van der Waals surface area contributed by atoms with Gasteiger partial charge in [0.05, 0.1) is 33.4 Å². The van der Waals surface area contributed by atoms with E-state index in [-0.39, 0.29) is 12.0 Å². The molecule has 1 fully saturated rings. The van der Waals surface area contributed by atoms with Crippen LogP contribution in [0.2, 0.25) is 0 Å². The van der Waals surface area contributed by atoms with Gasteiger partial charge in [0.15, 0.2) is 11.5 Å². The number of aliphatic hydroxyl groups excluding tert-OH is 4. The largest absolute Gasteiger partial charge is 0.493 e. The summed E-state index contributed by atoms with van der Waals surface area (Å²) in [6.07, 6.45) is -7.09. The Morgan fingerprint density at radius 1 is 0.970 bits per heavy atom. The van der Waals surface area contributed by atoms with Gasteiger partial charge in [-0.2, -0.15) is 0 Å². The number of benzene rings is 2. The minimum Gasteiger partial charge on any atom is -0.493 e. The zero-order valence-corrected chi connectivity index (χ0v) is 18.1. The average Bonchev–Trinajstić information content (AvgIpc) is 3.22. The second-order valence-electron chi connectivity index (χ2n) is 8.19. The summed E-state index contributed by atoms with van der Waals surface area (Å²) >= 11 is 0. The fourth-order valence-electron chi connectivity index (χ4n) is 4.58. The summed E-state index contributed by atoms with van der Waals surface area (Å²) in [6.45, 7) is -0.156. The van der Waals surface area contributed by atoms with Crippen molar-refractivity contribution in [3.63, 3.8) is 0 Å². The zero-order valence-electron chi connectivity index (χ0n) is 18.1. The van der Waals surface area contributed by atoms with Gasteiger partial charge in [-0.05, 0) is 18.2 Å². The van der Waals surface area contributed by atoms with Gasteiger partial charge in [0.25, 0.3) is 0 Å². The number of ether oxygens (including phenoxy) is 6. The quantitative estimate of drug-likeness (QED) is 0.497. The first kappa shape index (κ1) is 22.1. The first-order valence-electron chi connectivity index (χ1n) is 10.6. The Morgan fingerprint density at radius 3 is 2.48 bits per heavy atom. The Balaban J connectivity index is 1.38. The molecule has 178 valence electrons. The molecule has 3 heterocycles. The van der Waals surface area contributed by atoms with E-state index in [2.05, 4.69) is 0 Å². The molecule has 3 aliphatic heterocycles. The van der Waals surface area contributed by atoms with Crippen molar-refractivity contribution >= 4 is 0 Å². The van der Waals surface area contributed by atoms with Crippen molar-refractivity contribution in [1.29, 1.82) is 0 Å². The first-order valence-corrected chi connectivity index (χ1v) is 10.6. The molecule has 0 unspecified atom stereocenters. The van der Waals surface area contributed by atoms with Gasteiger partial charge in [-0.25, -0.2) is 0 Å². The van der Waals surface area contributed by atoms with Crippen LogP contribution in [0.25, 0.3) is 0 Å². The van der Waals surface area contributed by atoms with Crippen molar-refractivity contribution in [3.05, 3.63) is 41.5 Å². The lowest BCUT2D eigenvalue weighted by atomic mass is 9.89. The van der Waals surface area contributed by atoms with Crippen LogP contribution in [-0.2, 0) is 4.74 Å². The second kappa shape index (κ2) is 8.54. The van der Waals surface area contributed by atoms with Crippen LogP contribution in [0.4, 0.5) is 0 Å². The van der Waals surface area contributed by atoms with E-state index < -0.39 is 37.3 Å². The maximum atomic E-state index is 10.2. The van der Waals surface area contributed by atoms with Crippen LogP contribution in [-0.4, -0.2) is 78.6 Å². The lowest BCUT2D eigenvalue weighted by molar-refractivity contribution is -0.277. The Labute approximate surface area is 189 Å². The van der Waals surface area contributed by atoms with Crippen LogP contribution in [0.15, 0.2) is 30.3 Å². The molecule has 0 saturated carbocycles. The fourth-order valence-corrected chi connectivity index (χ4v) is 4.58. The summed E-state index contributed by atoms with van der Waals surface area (Å²) in [7, 11) is 3.14. The van der Waals surface area contributed by atoms with Gasteiger partial charge in [-0.15, -0.1) is 0 Å². The predicted octanol–water partition coefficient (Wildman–Crippen LogP) is 0.492. The molecular weight excluding hydrogens is 436 g/mol. The minimum atomic E-state index is -1.52. The maximum absolute atomic E-state index is 10.2. The highest BCUT2D eigenvalue weighted by Gasteiger charge is 2.46. The molecule has 0 radical (unpaired) electrons. The van der Waals surface area contributed by atoms with Gasteiger partial charge < -0.3 is 48.8 Å². The van der Waals surface area contributed by atoms with Gasteiger partial charge >= 0.3 is 0 Å². The third-order valence-electron chi connectivity index (χ3n) is 6.35. The van der Waals surface area contributed by atoms with Crippen molar-refractivity contribution in [2.75, 3.05) is 27.4 Å². The number of aliphatic hydroxyl groups is 4. The second-order valence-corrected chi connectivity index (χ2v) is 8.19. The van der Waals surface area contributed by atoms with E-state index in [1.807, 2.05) is 12.1 Å². The molecule has 5 rings (SSSR count). The summed E-state index contributed by atoms with van der Waals surface area (Å²) in [5.41, 5.74) is 1.80. The average molecular weight is 462 g/mol. The fraction of sp³-hybridized carbons (Fsp3) is 0.478. The van der Waals surface area contributed by atoms with Crippen LogP contribution in [0.1, 0.15) is 23.1 Å². The molecule has 10 heteroatoms. The van der Waals surface area contributed by atoms with Crippen molar-refractivity contribution < 1.29 is 48.8 Å².